The zero-order valence-corrected chi connectivity index (χ0v) is 22.5. The van der Waals surface area contributed by atoms with Crippen LogP contribution in [0, 0.1) is 12.8 Å². The van der Waals surface area contributed by atoms with Gasteiger partial charge in [-0.25, -0.2) is 30.5 Å². The molecule has 1 N–H and O–H groups in total. The Kier molecular flexibility index (Phi) is 6.81. The largest absolute Gasteiger partial charge is 0.381 e. The molecule has 13 heteroatoms. The summed E-state index contributed by atoms with van der Waals surface area (Å²) in [6, 6.07) is 8.13. The molecule has 4 aromatic rings. The first-order valence-corrected chi connectivity index (χ1v) is 15.3. The third kappa shape index (κ3) is 4.88. The van der Waals surface area contributed by atoms with E-state index in [0.29, 0.717) is 36.4 Å². The molecule has 5 rings (SSSR count). The van der Waals surface area contributed by atoms with E-state index in [9.17, 15) is 16.8 Å². The molecule has 1 aromatic carbocycles. The molecule has 0 amide bonds. The lowest BCUT2D eigenvalue weighted by molar-refractivity contribution is 0.163. The number of nitrogens with zero attached hydrogens (tertiary/aromatic N) is 5. The average Bonchev–Trinajstić information content (AvgIpc) is 3.55. The topological polar surface area (TPSA) is 138 Å². The highest BCUT2D eigenvalue weighted by molar-refractivity contribution is 7.90. The minimum atomic E-state index is -3.86. The summed E-state index contributed by atoms with van der Waals surface area (Å²) in [7, 11) is -7.33. The molecule has 1 aliphatic carbocycles. The van der Waals surface area contributed by atoms with E-state index in [2.05, 4.69) is 26.8 Å². The van der Waals surface area contributed by atoms with E-state index >= 15 is 0 Å². The number of nitrogens with one attached hydrogen (secondary N) is 1. The smallest absolute Gasteiger partial charge is 0.269 e. The Morgan fingerprint density at radius 3 is 2.57 bits per heavy atom. The molecular formula is C24H30N6O5S2. The molecule has 1 fully saturated rings. The fraction of sp³-hybridized carbons (Fsp3) is 0.458. The molecule has 0 aliphatic heterocycles. The van der Waals surface area contributed by atoms with Gasteiger partial charge in [0.1, 0.15) is 5.82 Å². The standard InChI is InChI=1S/C24H30N6O5S2/c1-4-35-11-12-36(31,32)28-18-13-17(3)20(14-18)23-27-26-22-15-25-24-21(30(22)23)9-10-29(24)37(33,34)19-7-5-16(2)6-8-19/h5-10,15,17-18,20,28H,4,11-14H2,1-3H3/t17-,18+,20+/m1/s1. The first-order chi connectivity index (χ1) is 17.6. The minimum Gasteiger partial charge on any atom is -0.381 e. The second-order valence-electron chi connectivity index (χ2n) is 9.53. The van der Waals surface area contributed by atoms with E-state index in [1.807, 2.05) is 18.2 Å². The molecule has 0 saturated heterocycles. The Hall–Kier alpha value is -2.87. The zero-order chi connectivity index (χ0) is 26.4. The summed E-state index contributed by atoms with van der Waals surface area (Å²) in [6.07, 6.45) is 4.21. The van der Waals surface area contributed by atoms with Crippen molar-refractivity contribution in [3.05, 3.63) is 54.1 Å². The van der Waals surface area contributed by atoms with Crippen molar-refractivity contribution in [2.45, 2.75) is 50.5 Å². The molecule has 1 aliphatic rings. The van der Waals surface area contributed by atoms with Crippen LogP contribution in [0.25, 0.3) is 16.8 Å². The van der Waals surface area contributed by atoms with E-state index in [-0.39, 0.29) is 40.8 Å². The molecule has 3 heterocycles. The third-order valence-corrected chi connectivity index (χ3v) is 9.98. The molecule has 0 unspecified atom stereocenters. The van der Waals surface area contributed by atoms with E-state index in [4.69, 9.17) is 4.74 Å². The Labute approximate surface area is 216 Å². The van der Waals surface area contributed by atoms with Crippen molar-refractivity contribution in [3.8, 4) is 0 Å². The van der Waals surface area contributed by atoms with Gasteiger partial charge in [-0.3, -0.25) is 4.40 Å². The minimum absolute atomic E-state index is 0.0720. The summed E-state index contributed by atoms with van der Waals surface area (Å²) in [5, 5.41) is 8.70. The van der Waals surface area contributed by atoms with Gasteiger partial charge in [0, 0.05) is 24.8 Å². The predicted octanol–water partition coefficient (Wildman–Crippen LogP) is 2.46. The van der Waals surface area contributed by atoms with Gasteiger partial charge < -0.3 is 4.74 Å². The van der Waals surface area contributed by atoms with Crippen LogP contribution in [0.4, 0.5) is 0 Å². The molecule has 11 nitrogen and oxygen atoms in total. The summed E-state index contributed by atoms with van der Waals surface area (Å²) in [4.78, 5) is 4.57. The van der Waals surface area contributed by atoms with Crippen LogP contribution in [0.15, 0.2) is 47.6 Å². The van der Waals surface area contributed by atoms with E-state index in [1.54, 1.807) is 30.3 Å². The van der Waals surface area contributed by atoms with Crippen molar-refractivity contribution in [1.29, 1.82) is 0 Å². The Bertz CT molecular complexity index is 1640. The van der Waals surface area contributed by atoms with Crippen molar-refractivity contribution in [1.82, 2.24) is 28.3 Å². The van der Waals surface area contributed by atoms with Crippen LogP contribution in [0.2, 0.25) is 0 Å². The SMILES string of the molecule is CCOCCS(=O)(=O)N[C@H]1C[C@@H](C)[C@@H](c2nnc3cnc4c(ccn4S(=O)(=O)c4ccc(C)cc4)n23)C1. The van der Waals surface area contributed by atoms with Gasteiger partial charge in [-0.2, -0.15) is 0 Å². The van der Waals surface area contributed by atoms with Crippen molar-refractivity contribution < 1.29 is 21.6 Å². The summed E-state index contributed by atoms with van der Waals surface area (Å²) in [5.74, 6) is 0.640. The number of aryl methyl sites for hydroxylation is 1. The summed E-state index contributed by atoms with van der Waals surface area (Å²) >= 11 is 0. The third-order valence-electron chi connectivity index (χ3n) is 6.90. The number of rotatable bonds is 9. The van der Waals surface area contributed by atoms with Crippen LogP contribution in [-0.2, 0) is 24.8 Å². The normalized spacial score (nSPS) is 20.8. The lowest BCUT2D eigenvalue weighted by Gasteiger charge is -2.14. The number of hydrogen-bond donors (Lipinski definition) is 1. The van der Waals surface area contributed by atoms with Gasteiger partial charge in [-0.15, -0.1) is 10.2 Å². The summed E-state index contributed by atoms with van der Waals surface area (Å²) in [6.45, 7) is 6.40. The second kappa shape index (κ2) is 9.78. The lowest BCUT2D eigenvalue weighted by atomic mass is 9.97. The first-order valence-electron chi connectivity index (χ1n) is 12.2. The number of aromatic nitrogens is 5. The van der Waals surface area contributed by atoms with Crippen LogP contribution in [-0.4, -0.2) is 65.4 Å². The number of sulfonamides is 1. The molecule has 3 aromatic heterocycles. The summed E-state index contributed by atoms with van der Waals surface area (Å²) < 4.78 is 62.7. The maximum absolute atomic E-state index is 13.4. The lowest BCUT2D eigenvalue weighted by Crippen LogP contribution is -2.36. The zero-order valence-electron chi connectivity index (χ0n) is 20.9. The fourth-order valence-corrected chi connectivity index (χ4v) is 7.49. The van der Waals surface area contributed by atoms with Crippen LogP contribution in [0.1, 0.15) is 44.0 Å². The van der Waals surface area contributed by atoms with Gasteiger partial charge in [0.05, 0.1) is 29.0 Å². The molecule has 37 heavy (non-hydrogen) atoms. The van der Waals surface area contributed by atoms with Crippen molar-refractivity contribution >= 4 is 36.9 Å². The molecule has 0 spiro atoms. The number of hydrogen-bond acceptors (Lipinski definition) is 8. The van der Waals surface area contributed by atoms with Gasteiger partial charge in [0.2, 0.25) is 10.0 Å². The van der Waals surface area contributed by atoms with Crippen molar-refractivity contribution in [2.24, 2.45) is 5.92 Å². The van der Waals surface area contributed by atoms with E-state index in [0.717, 1.165) is 5.56 Å². The van der Waals surface area contributed by atoms with Crippen LogP contribution in [0.3, 0.4) is 0 Å². The first kappa shape index (κ1) is 25.8. The Balaban J connectivity index is 1.47. The quantitative estimate of drug-likeness (QED) is 0.316. The number of benzene rings is 1. The molecule has 0 radical (unpaired) electrons. The predicted molar refractivity (Wildman–Crippen MR) is 138 cm³/mol. The highest BCUT2D eigenvalue weighted by Gasteiger charge is 2.37. The summed E-state index contributed by atoms with van der Waals surface area (Å²) in [5.41, 5.74) is 2.31. The van der Waals surface area contributed by atoms with Gasteiger partial charge >= 0.3 is 0 Å². The molecule has 0 bridgehead atoms. The van der Waals surface area contributed by atoms with E-state index in [1.165, 1.54) is 16.4 Å². The molecule has 3 atom stereocenters. The number of fused-ring (bicyclic) bond motifs is 3. The maximum Gasteiger partial charge on any atom is 0.269 e. The van der Waals surface area contributed by atoms with Gasteiger partial charge in [-0.05, 0) is 50.8 Å². The van der Waals surface area contributed by atoms with Gasteiger partial charge in [-0.1, -0.05) is 24.6 Å². The Morgan fingerprint density at radius 1 is 1.08 bits per heavy atom. The fourth-order valence-electron chi connectivity index (χ4n) is 5.04. The van der Waals surface area contributed by atoms with Crippen LogP contribution < -0.4 is 4.72 Å². The monoisotopic (exact) mass is 546 g/mol. The highest BCUT2D eigenvalue weighted by atomic mass is 32.2. The number of ether oxygens (including phenoxy) is 1. The maximum atomic E-state index is 13.4. The van der Waals surface area contributed by atoms with Gasteiger partial charge in [0.25, 0.3) is 10.0 Å². The molecule has 198 valence electrons. The molecular weight excluding hydrogens is 516 g/mol. The highest BCUT2D eigenvalue weighted by Crippen LogP contribution is 2.39. The average molecular weight is 547 g/mol. The van der Waals surface area contributed by atoms with Crippen LogP contribution >= 0.6 is 0 Å². The van der Waals surface area contributed by atoms with E-state index < -0.39 is 20.0 Å². The molecule has 1 saturated carbocycles. The van der Waals surface area contributed by atoms with Crippen molar-refractivity contribution in [3.63, 3.8) is 0 Å². The van der Waals surface area contributed by atoms with Crippen molar-refractivity contribution in [2.75, 3.05) is 19.0 Å². The van der Waals surface area contributed by atoms with Gasteiger partial charge in [0.15, 0.2) is 11.3 Å². The van der Waals surface area contributed by atoms with Crippen LogP contribution in [0.5, 0.6) is 0 Å². The second-order valence-corrected chi connectivity index (χ2v) is 13.2. The Morgan fingerprint density at radius 2 is 1.84 bits per heavy atom.